The van der Waals surface area contributed by atoms with Crippen molar-refractivity contribution in [3.63, 3.8) is 0 Å². The van der Waals surface area contributed by atoms with Gasteiger partial charge in [0.2, 0.25) is 0 Å². The smallest absolute Gasteiger partial charge is 0.306 e. The predicted octanol–water partition coefficient (Wildman–Crippen LogP) is 1.60. The van der Waals surface area contributed by atoms with Crippen molar-refractivity contribution in [1.29, 1.82) is 0 Å². The number of ether oxygens (including phenoxy) is 1. The van der Waals surface area contributed by atoms with Gasteiger partial charge in [0.15, 0.2) is 9.84 Å². The summed E-state index contributed by atoms with van der Waals surface area (Å²) < 4.78 is 28.1. The Balaban J connectivity index is 1.82. The SMILES string of the molecule is C[C@H]1CS(=O)(=O)C[C@@H]1OC(=O)CCc1ccccc1. The Kier molecular flexibility index (Phi) is 4.24. The van der Waals surface area contributed by atoms with Crippen molar-refractivity contribution in [2.75, 3.05) is 11.5 Å². The highest BCUT2D eigenvalue weighted by Crippen LogP contribution is 2.22. The predicted molar refractivity (Wildman–Crippen MR) is 72.5 cm³/mol. The number of hydrogen-bond acceptors (Lipinski definition) is 4. The van der Waals surface area contributed by atoms with Crippen LogP contribution in [0.4, 0.5) is 0 Å². The maximum absolute atomic E-state index is 11.7. The fraction of sp³-hybridized carbons (Fsp3) is 0.500. The second-order valence-corrected chi connectivity index (χ2v) is 7.22. The second-order valence-electron chi connectivity index (χ2n) is 5.07. The fourth-order valence-corrected chi connectivity index (χ4v) is 4.31. The highest BCUT2D eigenvalue weighted by Gasteiger charge is 2.37. The van der Waals surface area contributed by atoms with Crippen LogP contribution in [0.2, 0.25) is 0 Å². The third-order valence-corrected chi connectivity index (χ3v) is 5.18. The Bertz CT molecular complexity index is 536. The van der Waals surface area contributed by atoms with Crippen molar-refractivity contribution in [2.24, 2.45) is 5.92 Å². The topological polar surface area (TPSA) is 60.4 Å². The van der Waals surface area contributed by atoms with Crippen LogP contribution >= 0.6 is 0 Å². The van der Waals surface area contributed by atoms with Gasteiger partial charge in [0.05, 0.1) is 11.5 Å². The Morgan fingerprint density at radius 1 is 1.26 bits per heavy atom. The van der Waals surface area contributed by atoms with Crippen molar-refractivity contribution in [2.45, 2.75) is 25.9 Å². The van der Waals surface area contributed by atoms with Gasteiger partial charge in [-0.15, -0.1) is 0 Å². The van der Waals surface area contributed by atoms with Crippen LogP contribution in [-0.4, -0.2) is 32.0 Å². The van der Waals surface area contributed by atoms with E-state index in [0.29, 0.717) is 6.42 Å². The summed E-state index contributed by atoms with van der Waals surface area (Å²) in [7, 11) is -3.03. The molecule has 0 spiro atoms. The molecule has 5 heteroatoms. The molecule has 104 valence electrons. The van der Waals surface area contributed by atoms with Gasteiger partial charge in [-0.3, -0.25) is 4.79 Å². The zero-order chi connectivity index (χ0) is 13.9. The Morgan fingerprint density at radius 3 is 2.53 bits per heavy atom. The molecular formula is C14H18O4S. The Morgan fingerprint density at radius 2 is 1.95 bits per heavy atom. The van der Waals surface area contributed by atoms with Crippen LogP contribution in [0.3, 0.4) is 0 Å². The summed E-state index contributed by atoms with van der Waals surface area (Å²) in [4.78, 5) is 11.7. The van der Waals surface area contributed by atoms with E-state index in [0.717, 1.165) is 5.56 Å². The summed E-state index contributed by atoms with van der Waals surface area (Å²) in [6, 6.07) is 9.68. The van der Waals surface area contributed by atoms with E-state index in [-0.39, 0.29) is 29.8 Å². The summed E-state index contributed by atoms with van der Waals surface area (Å²) in [6.45, 7) is 1.81. The van der Waals surface area contributed by atoms with E-state index < -0.39 is 15.9 Å². The molecule has 1 saturated heterocycles. The lowest BCUT2D eigenvalue weighted by molar-refractivity contribution is -0.149. The minimum absolute atomic E-state index is 0.0365. The lowest BCUT2D eigenvalue weighted by atomic mass is 10.1. The van der Waals surface area contributed by atoms with Crippen molar-refractivity contribution in [3.8, 4) is 0 Å². The van der Waals surface area contributed by atoms with Gasteiger partial charge in [-0.05, 0) is 12.0 Å². The number of hydrogen-bond donors (Lipinski definition) is 0. The monoisotopic (exact) mass is 282 g/mol. The fourth-order valence-electron chi connectivity index (χ4n) is 2.26. The zero-order valence-corrected chi connectivity index (χ0v) is 11.7. The Labute approximate surface area is 113 Å². The van der Waals surface area contributed by atoms with E-state index in [9.17, 15) is 13.2 Å². The van der Waals surface area contributed by atoms with Crippen LogP contribution in [0.15, 0.2) is 30.3 Å². The van der Waals surface area contributed by atoms with E-state index in [2.05, 4.69) is 0 Å². The third kappa shape index (κ3) is 4.06. The van der Waals surface area contributed by atoms with Gasteiger partial charge in [-0.2, -0.15) is 0 Å². The normalized spacial score (nSPS) is 25.1. The number of rotatable bonds is 4. The first kappa shape index (κ1) is 14.1. The van der Waals surface area contributed by atoms with Crippen LogP contribution in [0.5, 0.6) is 0 Å². The van der Waals surface area contributed by atoms with E-state index in [4.69, 9.17) is 4.74 Å². The molecule has 2 atom stereocenters. The van der Waals surface area contributed by atoms with Gasteiger partial charge in [0, 0.05) is 12.3 Å². The molecule has 1 aliphatic rings. The van der Waals surface area contributed by atoms with Crippen molar-refractivity contribution in [3.05, 3.63) is 35.9 Å². The molecular weight excluding hydrogens is 264 g/mol. The van der Waals surface area contributed by atoms with Crippen LogP contribution in [0, 0.1) is 5.92 Å². The van der Waals surface area contributed by atoms with E-state index in [1.165, 1.54) is 0 Å². The molecule has 1 aliphatic heterocycles. The number of benzene rings is 1. The first-order valence-corrected chi connectivity index (χ1v) is 8.22. The largest absolute Gasteiger partial charge is 0.461 e. The molecule has 1 aromatic rings. The molecule has 1 aromatic carbocycles. The van der Waals surface area contributed by atoms with E-state index in [1.54, 1.807) is 6.92 Å². The first-order valence-electron chi connectivity index (χ1n) is 6.40. The molecule has 0 aliphatic carbocycles. The molecule has 0 unspecified atom stereocenters. The van der Waals surface area contributed by atoms with Gasteiger partial charge in [0.1, 0.15) is 6.10 Å². The summed E-state index contributed by atoms with van der Waals surface area (Å²) in [5.74, 6) is -0.349. The van der Waals surface area contributed by atoms with E-state index >= 15 is 0 Å². The highest BCUT2D eigenvalue weighted by atomic mass is 32.2. The van der Waals surface area contributed by atoms with Gasteiger partial charge >= 0.3 is 5.97 Å². The molecule has 1 heterocycles. The standard InChI is InChI=1S/C14H18O4S/c1-11-9-19(16,17)10-13(11)18-14(15)8-7-12-5-3-2-4-6-12/h2-6,11,13H,7-10H2,1H3/t11-,13-/m0/s1. The lowest BCUT2D eigenvalue weighted by Gasteiger charge is -2.14. The molecule has 0 bridgehead atoms. The van der Waals surface area contributed by atoms with Crippen molar-refractivity contribution in [1.82, 2.24) is 0 Å². The molecule has 2 rings (SSSR count). The highest BCUT2D eigenvalue weighted by molar-refractivity contribution is 7.91. The second kappa shape index (κ2) is 5.74. The molecule has 0 aromatic heterocycles. The molecule has 4 nitrogen and oxygen atoms in total. The van der Waals surface area contributed by atoms with Crippen LogP contribution in [0.25, 0.3) is 0 Å². The molecule has 1 fully saturated rings. The molecule has 0 saturated carbocycles. The van der Waals surface area contributed by atoms with Crippen LogP contribution in [0.1, 0.15) is 18.9 Å². The number of carbonyl (C=O) groups excluding carboxylic acids is 1. The maximum atomic E-state index is 11.7. The minimum Gasteiger partial charge on any atom is -0.461 e. The Hall–Kier alpha value is -1.36. The van der Waals surface area contributed by atoms with Gasteiger partial charge < -0.3 is 4.74 Å². The summed E-state index contributed by atoms with van der Waals surface area (Å²) >= 11 is 0. The van der Waals surface area contributed by atoms with Crippen molar-refractivity contribution >= 4 is 15.8 Å². The number of carbonyl (C=O) groups is 1. The summed E-state index contributed by atoms with van der Waals surface area (Å²) in [6.07, 6.45) is 0.425. The lowest BCUT2D eigenvalue weighted by Crippen LogP contribution is -2.24. The first-order chi connectivity index (χ1) is 8.96. The molecule has 0 N–H and O–H groups in total. The van der Waals surface area contributed by atoms with Gasteiger partial charge in [-0.25, -0.2) is 8.42 Å². The molecule has 0 radical (unpaired) electrons. The van der Waals surface area contributed by atoms with Crippen molar-refractivity contribution < 1.29 is 17.9 Å². The number of esters is 1. The minimum atomic E-state index is -3.03. The zero-order valence-electron chi connectivity index (χ0n) is 10.9. The summed E-state index contributed by atoms with van der Waals surface area (Å²) in [5, 5.41) is 0. The number of aryl methyl sites for hydroxylation is 1. The molecule has 0 amide bonds. The average molecular weight is 282 g/mol. The summed E-state index contributed by atoms with van der Waals surface area (Å²) in [5.41, 5.74) is 1.08. The van der Waals surface area contributed by atoms with Crippen LogP contribution < -0.4 is 0 Å². The average Bonchev–Trinajstić information content (AvgIpc) is 2.61. The maximum Gasteiger partial charge on any atom is 0.306 e. The van der Waals surface area contributed by atoms with Gasteiger partial charge in [0.25, 0.3) is 0 Å². The quantitative estimate of drug-likeness (QED) is 0.787. The van der Waals surface area contributed by atoms with E-state index in [1.807, 2.05) is 30.3 Å². The van der Waals surface area contributed by atoms with Gasteiger partial charge in [-0.1, -0.05) is 37.3 Å². The third-order valence-electron chi connectivity index (χ3n) is 3.31. The number of sulfone groups is 1. The van der Waals surface area contributed by atoms with Crippen LogP contribution in [-0.2, 0) is 25.8 Å². The molecule has 19 heavy (non-hydrogen) atoms.